The highest BCUT2D eigenvalue weighted by Crippen LogP contribution is 2.34. The second kappa shape index (κ2) is 8.38. The Balaban J connectivity index is 2.04. The van der Waals surface area contributed by atoms with Crippen LogP contribution in [0.4, 0.5) is 0 Å². The highest BCUT2D eigenvalue weighted by atomic mass is 15.2. The van der Waals surface area contributed by atoms with Crippen LogP contribution in [0.3, 0.4) is 0 Å². The minimum atomic E-state index is 0.755. The molecule has 0 aromatic rings. The molecule has 0 aromatic carbocycles. The van der Waals surface area contributed by atoms with Crippen LogP contribution in [0.2, 0.25) is 0 Å². The number of rotatable bonds is 6. The Morgan fingerprint density at radius 2 is 1.85 bits per heavy atom. The van der Waals surface area contributed by atoms with Gasteiger partial charge in [-0.05, 0) is 64.0 Å². The van der Waals surface area contributed by atoms with E-state index >= 15 is 0 Å². The summed E-state index contributed by atoms with van der Waals surface area (Å²) in [6, 6.07) is 2.42. The number of likely N-dealkylation sites (tertiary alicyclic amines) is 1. The molecule has 1 aliphatic heterocycles. The molecular formula is C18H36N2. The third-order valence-corrected chi connectivity index (χ3v) is 5.73. The maximum Gasteiger partial charge on any atom is 0.0254 e. The van der Waals surface area contributed by atoms with Crippen molar-refractivity contribution in [2.24, 2.45) is 5.92 Å². The summed E-state index contributed by atoms with van der Waals surface area (Å²) in [5, 5.41) is 3.87. The van der Waals surface area contributed by atoms with Gasteiger partial charge < -0.3 is 5.32 Å². The van der Waals surface area contributed by atoms with Gasteiger partial charge in [0.2, 0.25) is 0 Å². The first-order valence-corrected chi connectivity index (χ1v) is 9.29. The molecule has 1 aliphatic carbocycles. The van der Waals surface area contributed by atoms with Crippen molar-refractivity contribution >= 4 is 0 Å². The summed E-state index contributed by atoms with van der Waals surface area (Å²) < 4.78 is 0. The van der Waals surface area contributed by atoms with Crippen molar-refractivity contribution in [1.29, 1.82) is 0 Å². The molecule has 0 radical (unpaired) electrons. The van der Waals surface area contributed by atoms with Crippen molar-refractivity contribution in [3.05, 3.63) is 0 Å². The highest BCUT2D eigenvalue weighted by Gasteiger charge is 2.36. The minimum absolute atomic E-state index is 0.755. The molecule has 2 rings (SSSR count). The SMILES string of the molecule is CCCNC1CCC(CC)CC1N1CCCCC1CC. The molecule has 0 amide bonds. The van der Waals surface area contributed by atoms with E-state index < -0.39 is 0 Å². The maximum atomic E-state index is 3.87. The lowest BCUT2D eigenvalue weighted by Crippen LogP contribution is -2.57. The average molecular weight is 280 g/mol. The van der Waals surface area contributed by atoms with E-state index in [0.29, 0.717) is 0 Å². The summed E-state index contributed by atoms with van der Waals surface area (Å²) in [4.78, 5) is 2.90. The van der Waals surface area contributed by atoms with Gasteiger partial charge in [-0.3, -0.25) is 4.90 Å². The standard InChI is InChI=1S/C18H36N2/c1-4-12-19-17-11-10-15(5-2)14-18(17)20-13-8-7-9-16(20)6-3/h15-19H,4-14H2,1-3H3. The molecule has 0 bridgehead atoms. The number of nitrogens with zero attached hydrogens (tertiary/aromatic N) is 1. The zero-order valence-corrected chi connectivity index (χ0v) is 14.0. The molecule has 2 aliphatic rings. The van der Waals surface area contributed by atoms with E-state index in [1.54, 1.807) is 0 Å². The van der Waals surface area contributed by atoms with Gasteiger partial charge in [-0.1, -0.05) is 33.6 Å². The van der Waals surface area contributed by atoms with Crippen LogP contribution >= 0.6 is 0 Å². The zero-order valence-electron chi connectivity index (χ0n) is 14.0. The summed E-state index contributed by atoms with van der Waals surface area (Å²) in [7, 11) is 0. The molecular weight excluding hydrogens is 244 g/mol. The molecule has 1 saturated heterocycles. The van der Waals surface area contributed by atoms with Gasteiger partial charge >= 0.3 is 0 Å². The third kappa shape index (κ3) is 3.98. The van der Waals surface area contributed by atoms with Crippen LogP contribution in [0.15, 0.2) is 0 Å². The largest absolute Gasteiger partial charge is 0.312 e. The predicted octanol–water partition coefficient (Wildman–Crippen LogP) is 4.20. The van der Waals surface area contributed by atoms with E-state index in [0.717, 1.165) is 24.0 Å². The van der Waals surface area contributed by atoms with Crippen LogP contribution < -0.4 is 5.32 Å². The minimum Gasteiger partial charge on any atom is -0.312 e. The van der Waals surface area contributed by atoms with Gasteiger partial charge in [-0.15, -0.1) is 0 Å². The Bertz CT molecular complexity index is 266. The summed E-state index contributed by atoms with van der Waals surface area (Å²) in [6.07, 6.45) is 12.6. The average Bonchev–Trinajstić information content (AvgIpc) is 2.52. The molecule has 4 atom stereocenters. The Hall–Kier alpha value is -0.0800. The van der Waals surface area contributed by atoms with E-state index in [1.165, 1.54) is 70.9 Å². The number of hydrogen-bond donors (Lipinski definition) is 1. The zero-order chi connectivity index (χ0) is 14.4. The lowest BCUT2D eigenvalue weighted by atomic mass is 9.78. The van der Waals surface area contributed by atoms with Crippen molar-refractivity contribution in [2.45, 2.75) is 96.7 Å². The smallest absolute Gasteiger partial charge is 0.0254 e. The Morgan fingerprint density at radius 3 is 2.55 bits per heavy atom. The van der Waals surface area contributed by atoms with E-state index in [9.17, 15) is 0 Å². The van der Waals surface area contributed by atoms with Crippen LogP contribution in [0.1, 0.15) is 78.6 Å². The molecule has 1 N–H and O–H groups in total. The first kappa shape index (κ1) is 16.3. The van der Waals surface area contributed by atoms with Crippen molar-refractivity contribution in [2.75, 3.05) is 13.1 Å². The fraction of sp³-hybridized carbons (Fsp3) is 1.00. The van der Waals surface area contributed by atoms with Gasteiger partial charge in [0.25, 0.3) is 0 Å². The molecule has 2 nitrogen and oxygen atoms in total. The van der Waals surface area contributed by atoms with Crippen molar-refractivity contribution < 1.29 is 0 Å². The van der Waals surface area contributed by atoms with Crippen LogP contribution in [-0.4, -0.2) is 36.1 Å². The second-order valence-corrected chi connectivity index (χ2v) is 7.01. The van der Waals surface area contributed by atoms with Gasteiger partial charge in [-0.25, -0.2) is 0 Å². The van der Waals surface area contributed by atoms with Gasteiger partial charge in [0, 0.05) is 18.1 Å². The maximum absolute atomic E-state index is 3.87. The normalized spacial score (nSPS) is 36.1. The number of hydrogen-bond acceptors (Lipinski definition) is 2. The van der Waals surface area contributed by atoms with E-state index in [2.05, 4.69) is 31.0 Å². The van der Waals surface area contributed by atoms with Crippen LogP contribution in [0.5, 0.6) is 0 Å². The molecule has 1 heterocycles. The number of piperidine rings is 1. The summed E-state index contributed by atoms with van der Waals surface area (Å²) >= 11 is 0. The van der Waals surface area contributed by atoms with Crippen LogP contribution in [-0.2, 0) is 0 Å². The van der Waals surface area contributed by atoms with Crippen molar-refractivity contribution in [3.63, 3.8) is 0 Å². The van der Waals surface area contributed by atoms with Crippen molar-refractivity contribution in [1.82, 2.24) is 10.2 Å². The van der Waals surface area contributed by atoms with Gasteiger partial charge in [-0.2, -0.15) is 0 Å². The fourth-order valence-corrected chi connectivity index (χ4v) is 4.43. The monoisotopic (exact) mass is 280 g/mol. The second-order valence-electron chi connectivity index (χ2n) is 7.01. The summed E-state index contributed by atoms with van der Waals surface area (Å²) in [5.41, 5.74) is 0. The molecule has 2 heteroatoms. The molecule has 0 aromatic heterocycles. The molecule has 20 heavy (non-hydrogen) atoms. The van der Waals surface area contributed by atoms with Gasteiger partial charge in [0.05, 0.1) is 0 Å². The van der Waals surface area contributed by atoms with Crippen molar-refractivity contribution in [3.8, 4) is 0 Å². The Kier molecular flexibility index (Phi) is 6.83. The van der Waals surface area contributed by atoms with E-state index in [-0.39, 0.29) is 0 Å². The highest BCUT2D eigenvalue weighted by molar-refractivity contribution is 4.94. The third-order valence-electron chi connectivity index (χ3n) is 5.73. The predicted molar refractivity (Wildman–Crippen MR) is 88.1 cm³/mol. The molecule has 4 unspecified atom stereocenters. The molecule has 2 fully saturated rings. The first-order chi connectivity index (χ1) is 9.80. The van der Waals surface area contributed by atoms with Crippen LogP contribution in [0, 0.1) is 5.92 Å². The first-order valence-electron chi connectivity index (χ1n) is 9.29. The lowest BCUT2D eigenvalue weighted by molar-refractivity contribution is 0.0349. The van der Waals surface area contributed by atoms with Gasteiger partial charge in [0.15, 0.2) is 0 Å². The fourth-order valence-electron chi connectivity index (χ4n) is 4.43. The van der Waals surface area contributed by atoms with Crippen LogP contribution in [0.25, 0.3) is 0 Å². The Morgan fingerprint density at radius 1 is 1.00 bits per heavy atom. The summed E-state index contributed by atoms with van der Waals surface area (Å²) in [5.74, 6) is 0.971. The van der Waals surface area contributed by atoms with E-state index in [4.69, 9.17) is 0 Å². The number of nitrogens with one attached hydrogen (secondary N) is 1. The summed E-state index contributed by atoms with van der Waals surface area (Å²) in [6.45, 7) is 9.61. The Labute approximate surface area is 126 Å². The van der Waals surface area contributed by atoms with E-state index in [1.807, 2.05) is 0 Å². The van der Waals surface area contributed by atoms with Gasteiger partial charge in [0.1, 0.15) is 0 Å². The molecule has 1 saturated carbocycles. The topological polar surface area (TPSA) is 15.3 Å². The molecule has 0 spiro atoms. The lowest BCUT2D eigenvalue weighted by Gasteiger charge is -2.48. The molecule has 118 valence electrons. The quantitative estimate of drug-likeness (QED) is 0.784.